The number of fused-ring (bicyclic) bond motifs is 2. The molecule has 0 unspecified atom stereocenters. The molecule has 3 aromatic heterocycles. The highest BCUT2D eigenvalue weighted by atomic mass is 32.1. The van der Waals surface area contributed by atoms with Gasteiger partial charge in [-0.05, 0) is 19.1 Å². The molecule has 0 saturated carbocycles. The molecule has 0 radical (unpaired) electrons. The van der Waals surface area contributed by atoms with Crippen molar-refractivity contribution in [1.29, 1.82) is 0 Å². The maximum absolute atomic E-state index is 12.1. The first kappa shape index (κ1) is 23.3. The Morgan fingerprint density at radius 1 is 1.14 bits per heavy atom. The number of amides is 1. The van der Waals surface area contributed by atoms with Crippen molar-refractivity contribution in [2.24, 2.45) is 0 Å². The quantitative estimate of drug-likeness (QED) is 0.423. The van der Waals surface area contributed by atoms with Gasteiger partial charge in [-0.25, -0.2) is 9.97 Å². The average molecular weight is 508 g/mol. The second-order valence-electron chi connectivity index (χ2n) is 9.32. The SMILES string of the molecule is C[C@@H](O)C(=O)N1CCN(Cc2cc3c(N4CCOCC4)nc(-c4cccc5[nH]ncc45)nc3s2)CC1. The van der Waals surface area contributed by atoms with E-state index in [0.29, 0.717) is 32.1 Å². The largest absolute Gasteiger partial charge is 0.384 e. The summed E-state index contributed by atoms with van der Waals surface area (Å²) in [6.07, 6.45) is 0.882. The van der Waals surface area contributed by atoms with Gasteiger partial charge in [-0.15, -0.1) is 11.3 Å². The Labute approximate surface area is 212 Å². The predicted octanol–water partition coefficient (Wildman–Crippen LogP) is 2.10. The molecule has 2 N–H and O–H groups in total. The number of aromatic nitrogens is 4. The zero-order valence-corrected chi connectivity index (χ0v) is 21.0. The summed E-state index contributed by atoms with van der Waals surface area (Å²) in [5.41, 5.74) is 1.93. The van der Waals surface area contributed by atoms with Gasteiger partial charge in [-0.3, -0.25) is 14.8 Å². The van der Waals surface area contributed by atoms with Crippen LogP contribution in [0.15, 0.2) is 30.5 Å². The highest BCUT2D eigenvalue weighted by Gasteiger charge is 2.25. The molecule has 0 aliphatic carbocycles. The summed E-state index contributed by atoms with van der Waals surface area (Å²) in [5, 5.41) is 18.9. The summed E-state index contributed by atoms with van der Waals surface area (Å²) in [5.74, 6) is 1.46. The number of hydrogen-bond acceptors (Lipinski definition) is 9. The van der Waals surface area contributed by atoms with E-state index in [0.717, 1.165) is 65.2 Å². The molecule has 2 fully saturated rings. The van der Waals surface area contributed by atoms with Gasteiger partial charge >= 0.3 is 0 Å². The second-order valence-corrected chi connectivity index (χ2v) is 10.4. The monoisotopic (exact) mass is 507 g/mol. The number of benzene rings is 1. The van der Waals surface area contributed by atoms with Gasteiger partial charge < -0.3 is 19.6 Å². The zero-order valence-electron chi connectivity index (χ0n) is 20.2. The van der Waals surface area contributed by atoms with Gasteiger partial charge in [0.2, 0.25) is 0 Å². The van der Waals surface area contributed by atoms with Gasteiger partial charge in [-0.2, -0.15) is 5.10 Å². The van der Waals surface area contributed by atoms with Crippen LogP contribution in [0, 0.1) is 0 Å². The van der Waals surface area contributed by atoms with Crippen LogP contribution < -0.4 is 4.90 Å². The number of H-pyrrole nitrogens is 1. The molecular formula is C25H29N7O3S. The third-order valence-electron chi connectivity index (χ3n) is 6.88. The molecule has 0 bridgehead atoms. The molecule has 11 heteroatoms. The lowest BCUT2D eigenvalue weighted by Gasteiger charge is -2.35. The molecule has 2 saturated heterocycles. The molecule has 2 aliphatic rings. The van der Waals surface area contributed by atoms with E-state index >= 15 is 0 Å². The van der Waals surface area contributed by atoms with Crippen LogP contribution in [0.25, 0.3) is 32.5 Å². The van der Waals surface area contributed by atoms with Crippen molar-refractivity contribution in [3.8, 4) is 11.4 Å². The van der Waals surface area contributed by atoms with Crippen LogP contribution in [0.5, 0.6) is 0 Å². The van der Waals surface area contributed by atoms with Gasteiger partial charge in [0.15, 0.2) is 5.82 Å². The van der Waals surface area contributed by atoms with E-state index in [1.807, 2.05) is 24.4 Å². The van der Waals surface area contributed by atoms with Gasteiger partial charge in [0.05, 0.1) is 30.3 Å². The third kappa shape index (κ3) is 4.43. The Morgan fingerprint density at radius 3 is 2.72 bits per heavy atom. The first-order chi connectivity index (χ1) is 17.6. The normalized spacial score (nSPS) is 18.3. The number of carbonyl (C=O) groups is 1. The van der Waals surface area contributed by atoms with Crippen LogP contribution in [0.2, 0.25) is 0 Å². The van der Waals surface area contributed by atoms with Crippen LogP contribution in [0.3, 0.4) is 0 Å². The summed E-state index contributed by atoms with van der Waals surface area (Å²) in [4.78, 5) is 30.8. The number of anilines is 1. The number of aliphatic hydroxyl groups excluding tert-OH is 1. The summed E-state index contributed by atoms with van der Waals surface area (Å²) < 4.78 is 5.60. The van der Waals surface area contributed by atoms with E-state index < -0.39 is 6.10 Å². The highest BCUT2D eigenvalue weighted by molar-refractivity contribution is 7.18. The number of hydrogen-bond donors (Lipinski definition) is 2. The van der Waals surface area contributed by atoms with E-state index in [1.165, 1.54) is 11.8 Å². The molecule has 1 aromatic carbocycles. The Balaban J connectivity index is 1.32. The predicted molar refractivity (Wildman–Crippen MR) is 139 cm³/mol. The van der Waals surface area contributed by atoms with Crippen molar-refractivity contribution in [2.45, 2.75) is 19.6 Å². The third-order valence-corrected chi connectivity index (χ3v) is 7.89. The molecule has 36 heavy (non-hydrogen) atoms. The number of rotatable bonds is 5. The molecule has 5 heterocycles. The minimum atomic E-state index is -0.946. The molecule has 10 nitrogen and oxygen atoms in total. The number of morpholine rings is 1. The number of piperazine rings is 1. The maximum atomic E-state index is 12.1. The van der Waals surface area contributed by atoms with Crippen molar-refractivity contribution in [3.05, 3.63) is 35.3 Å². The first-order valence-electron chi connectivity index (χ1n) is 12.3. The Bertz CT molecular complexity index is 1390. The first-order valence-corrected chi connectivity index (χ1v) is 13.1. The molecule has 6 rings (SSSR count). The topological polar surface area (TPSA) is 111 Å². The Morgan fingerprint density at radius 2 is 1.94 bits per heavy atom. The molecule has 1 atom stereocenters. The number of nitrogens with zero attached hydrogens (tertiary/aromatic N) is 6. The van der Waals surface area contributed by atoms with E-state index in [4.69, 9.17) is 14.7 Å². The summed E-state index contributed by atoms with van der Waals surface area (Å²) >= 11 is 1.70. The lowest BCUT2D eigenvalue weighted by molar-refractivity contribution is -0.141. The second kappa shape index (κ2) is 9.74. The number of carbonyl (C=O) groups excluding carboxylic acids is 1. The van der Waals surface area contributed by atoms with E-state index in [2.05, 4.69) is 26.1 Å². The fraction of sp³-hybridized carbons (Fsp3) is 0.440. The number of aromatic amines is 1. The summed E-state index contributed by atoms with van der Waals surface area (Å²) in [6.45, 7) is 8.11. The van der Waals surface area contributed by atoms with Gasteiger partial charge in [-0.1, -0.05) is 12.1 Å². The smallest absolute Gasteiger partial charge is 0.251 e. The summed E-state index contributed by atoms with van der Waals surface area (Å²) in [7, 11) is 0. The van der Waals surface area contributed by atoms with Crippen LogP contribution in [-0.2, 0) is 16.1 Å². The van der Waals surface area contributed by atoms with Crippen molar-refractivity contribution in [3.63, 3.8) is 0 Å². The van der Waals surface area contributed by atoms with Gasteiger partial charge in [0.25, 0.3) is 5.91 Å². The number of nitrogens with one attached hydrogen (secondary N) is 1. The minimum Gasteiger partial charge on any atom is -0.384 e. The number of thiophene rings is 1. The average Bonchev–Trinajstić information content (AvgIpc) is 3.55. The number of ether oxygens (including phenoxy) is 1. The minimum absolute atomic E-state index is 0.192. The molecule has 0 spiro atoms. The standard InChI is InChI=1S/C25H29N7O3S/c1-16(33)25(34)32-7-5-30(6-8-32)15-17-13-19-23(31-9-11-35-12-10-31)27-22(28-24(19)36-17)18-3-2-4-21-20(18)14-26-29-21/h2-4,13-14,16,33H,5-12,15H2,1H3,(H,26,29)/t16-/m1/s1. The lowest BCUT2D eigenvalue weighted by atomic mass is 10.1. The fourth-order valence-corrected chi connectivity index (χ4v) is 6.01. The van der Waals surface area contributed by atoms with Crippen LogP contribution in [0.1, 0.15) is 11.8 Å². The van der Waals surface area contributed by atoms with Crippen molar-refractivity contribution in [1.82, 2.24) is 30.0 Å². The van der Waals surface area contributed by atoms with Crippen LogP contribution >= 0.6 is 11.3 Å². The molecular weight excluding hydrogens is 478 g/mol. The fourth-order valence-electron chi connectivity index (χ4n) is 4.95. The molecule has 188 valence electrons. The van der Waals surface area contributed by atoms with Gasteiger partial charge in [0.1, 0.15) is 16.8 Å². The Hall–Kier alpha value is -3.12. The molecule has 2 aliphatic heterocycles. The zero-order chi connectivity index (χ0) is 24.6. The molecule has 1 amide bonds. The Kier molecular flexibility index (Phi) is 6.30. The maximum Gasteiger partial charge on any atom is 0.251 e. The molecule has 4 aromatic rings. The van der Waals surface area contributed by atoms with E-state index in [-0.39, 0.29) is 5.91 Å². The van der Waals surface area contributed by atoms with E-state index in [9.17, 15) is 9.90 Å². The highest BCUT2D eigenvalue weighted by Crippen LogP contribution is 2.35. The number of aliphatic hydroxyl groups is 1. The van der Waals surface area contributed by atoms with Crippen LogP contribution in [0.4, 0.5) is 5.82 Å². The van der Waals surface area contributed by atoms with Crippen molar-refractivity contribution in [2.75, 3.05) is 57.4 Å². The van der Waals surface area contributed by atoms with Crippen LogP contribution in [-0.4, -0.2) is 99.6 Å². The van der Waals surface area contributed by atoms with Crippen molar-refractivity contribution < 1.29 is 14.6 Å². The van der Waals surface area contributed by atoms with Gasteiger partial charge in [0, 0.05) is 61.6 Å². The lowest BCUT2D eigenvalue weighted by Crippen LogP contribution is -2.50. The summed E-state index contributed by atoms with van der Waals surface area (Å²) in [6, 6.07) is 8.27. The van der Waals surface area contributed by atoms with E-state index in [1.54, 1.807) is 16.2 Å². The van der Waals surface area contributed by atoms with Crippen molar-refractivity contribution >= 4 is 44.2 Å².